The van der Waals surface area contributed by atoms with E-state index in [1.54, 1.807) is 36.4 Å². The van der Waals surface area contributed by atoms with Gasteiger partial charge >= 0.3 is 0 Å². The molecular weight excluding hydrogens is 530 g/mol. The van der Waals surface area contributed by atoms with Crippen molar-refractivity contribution < 1.29 is 13.2 Å². The molecule has 2 aromatic heterocycles. The lowest BCUT2D eigenvalue weighted by molar-refractivity contribution is 0.0976. The molecule has 168 valence electrons. The molecule has 2 aromatic carbocycles. The molecular formula is C21H12Cl4N4O3S. The lowest BCUT2D eigenvalue weighted by Crippen LogP contribution is -2.31. The first-order valence-electron chi connectivity index (χ1n) is 9.16. The van der Waals surface area contributed by atoms with Gasteiger partial charge in [0, 0.05) is 16.8 Å². The standard InChI is InChI=1S/C21H12Cl4N4O3S/c22-13-6-2-1-5-12(13)18-11-17(27-29(18)20-16(25)9-4-10-26-20)21(30)28-33(31,32)19-14(23)7-3-8-15(19)24/h1-11H,(H,28,30). The van der Waals surface area contributed by atoms with Gasteiger partial charge in [-0.25, -0.2) is 22.8 Å². The van der Waals surface area contributed by atoms with Crippen molar-refractivity contribution in [3.8, 4) is 17.1 Å². The zero-order valence-electron chi connectivity index (χ0n) is 16.3. The smallest absolute Gasteiger partial charge is 0.266 e. The van der Waals surface area contributed by atoms with Crippen molar-refractivity contribution in [2.45, 2.75) is 4.90 Å². The Labute approximate surface area is 208 Å². The van der Waals surface area contributed by atoms with E-state index in [4.69, 9.17) is 46.4 Å². The molecule has 0 aliphatic heterocycles. The Kier molecular flexibility index (Phi) is 6.65. The summed E-state index contributed by atoms with van der Waals surface area (Å²) in [6.07, 6.45) is 1.50. The molecule has 0 aliphatic carbocycles. The van der Waals surface area contributed by atoms with Crippen molar-refractivity contribution >= 4 is 62.3 Å². The van der Waals surface area contributed by atoms with E-state index in [-0.39, 0.29) is 26.6 Å². The van der Waals surface area contributed by atoms with E-state index in [2.05, 4.69) is 10.1 Å². The van der Waals surface area contributed by atoms with Crippen LogP contribution in [0.2, 0.25) is 20.1 Å². The lowest BCUT2D eigenvalue weighted by atomic mass is 10.1. The Morgan fingerprint density at radius 1 is 0.848 bits per heavy atom. The normalized spacial score (nSPS) is 11.4. The Hall–Kier alpha value is -2.62. The minimum Gasteiger partial charge on any atom is -0.266 e. The molecule has 0 radical (unpaired) electrons. The zero-order chi connectivity index (χ0) is 23.8. The molecule has 7 nitrogen and oxygen atoms in total. The van der Waals surface area contributed by atoms with Gasteiger partial charge in [-0.05, 0) is 36.4 Å². The van der Waals surface area contributed by atoms with E-state index in [1.165, 1.54) is 35.1 Å². The van der Waals surface area contributed by atoms with Crippen molar-refractivity contribution in [1.29, 1.82) is 0 Å². The average Bonchev–Trinajstić information content (AvgIpc) is 3.19. The predicted octanol–water partition coefficient (Wildman–Crippen LogP) is 5.67. The van der Waals surface area contributed by atoms with Crippen LogP contribution in [0.3, 0.4) is 0 Å². The Bertz CT molecular complexity index is 1410. The van der Waals surface area contributed by atoms with Gasteiger partial charge in [-0.1, -0.05) is 70.7 Å². The molecule has 0 fully saturated rings. The fourth-order valence-corrected chi connectivity index (χ4v) is 5.55. The van der Waals surface area contributed by atoms with E-state index in [9.17, 15) is 13.2 Å². The third-order valence-electron chi connectivity index (χ3n) is 4.45. The second-order valence-corrected chi connectivity index (χ2v) is 9.85. The van der Waals surface area contributed by atoms with Crippen LogP contribution in [0.1, 0.15) is 10.5 Å². The first kappa shape index (κ1) is 23.5. The van der Waals surface area contributed by atoms with E-state index in [0.29, 0.717) is 16.3 Å². The summed E-state index contributed by atoms with van der Waals surface area (Å²) in [6.45, 7) is 0. The van der Waals surface area contributed by atoms with Gasteiger partial charge < -0.3 is 0 Å². The molecule has 1 amide bonds. The third kappa shape index (κ3) is 4.71. The number of carbonyl (C=O) groups is 1. The summed E-state index contributed by atoms with van der Waals surface area (Å²) in [5.74, 6) is -0.782. The summed E-state index contributed by atoms with van der Waals surface area (Å²) >= 11 is 24.6. The first-order chi connectivity index (χ1) is 15.7. The largest absolute Gasteiger partial charge is 0.285 e. The number of carbonyl (C=O) groups excluding carboxylic acids is 1. The topological polar surface area (TPSA) is 94.0 Å². The van der Waals surface area contributed by atoms with Crippen LogP contribution in [-0.2, 0) is 10.0 Å². The quantitative estimate of drug-likeness (QED) is 0.351. The zero-order valence-corrected chi connectivity index (χ0v) is 20.2. The molecule has 4 rings (SSSR count). The molecule has 0 atom stereocenters. The van der Waals surface area contributed by atoms with Crippen molar-refractivity contribution in [3.63, 3.8) is 0 Å². The summed E-state index contributed by atoms with van der Waals surface area (Å²) < 4.78 is 28.9. The number of nitrogens with zero attached hydrogens (tertiary/aromatic N) is 3. The van der Waals surface area contributed by atoms with Crippen LogP contribution in [0, 0.1) is 0 Å². The molecule has 12 heteroatoms. The molecule has 0 unspecified atom stereocenters. The number of hydrogen-bond acceptors (Lipinski definition) is 5. The maximum atomic E-state index is 12.9. The van der Waals surface area contributed by atoms with Crippen LogP contribution < -0.4 is 4.72 Å². The Balaban J connectivity index is 1.81. The van der Waals surface area contributed by atoms with Crippen molar-refractivity contribution in [2.75, 3.05) is 0 Å². The molecule has 0 spiro atoms. The van der Waals surface area contributed by atoms with Crippen LogP contribution in [0.5, 0.6) is 0 Å². The number of sulfonamides is 1. The number of pyridine rings is 1. The van der Waals surface area contributed by atoms with Crippen LogP contribution >= 0.6 is 46.4 Å². The average molecular weight is 542 g/mol. The van der Waals surface area contributed by atoms with Crippen molar-refractivity contribution in [3.05, 3.63) is 92.6 Å². The van der Waals surface area contributed by atoms with Gasteiger partial charge in [0.1, 0.15) is 4.90 Å². The van der Waals surface area contributed by atoms with Crippen LogP contribution in [0.15, 0.2) is 71.8 Å². The molecule has 0 aliphatic rings. The lowest BCUT2D eigenvalue weighted by Gasteiger charge is -2.09. The number of hydrogen-bond donors (Lipinski definition) is 1. The maximum Gasteiger partial charge on any atom is 0.285 e. The van der Waals surface area contributed by atoms with E-state index >= 15 is 0 Å². The van der Waals surface area contributed by atoms with Gasteiger partial charge in [0.05, 0.1) is 20.8 Å². The van der Waals surface area contributed by atoms with Gasteiger partial charge in [-0.2, -0.15) is 5.10 Å². The molecule has 33 heavy (non-hydrogen) atoms. The summed E-state index contributed by atoms with van der Waals surface area (Å²) in [5, 5.41) is 4.63. The molecule has 0 bridgehead atoms. The molecule has 1 N–H and O–H groups in total. The fourth-order valence-electron chi connectivity index (χ4n) is 3.01. The second kappa shape index (κ2) is 9.32. The van der Waals surface area contributed by atoms with Gasteiger partial charge in [0.25, 0.3) is 15.9 Å². The van der Waals surface area contributed by atoms with E-state index in [1.807, 2.05) is 4.72 Å². The van der Waals surface area contributed by atoms with E-state index in [0.717, 1.165) is 0 Å². The minimum absolute atomic E-state index is 0.134. The first-order valence-corrected chi connectivity index (χ1v) is 12.2. The van der Waals surface area contributed by atoms with Gasteiger partial charge in [-0.15, -0.1) is 0 Å². The second-order valence-electron chi connectivity index (χ2n) is 6.60. The van der Waals surface area contributed by atoms with Gasteiger partial charge in [-0.3, -0.25) is 4.79 Å². The highest BCUT2D eigenvalue weighted by Crippen LogP contribution is 2.32. The molecule has 2 heterocycles. The van der Waals surface area contributed by atoms with Crippen molar-refractivity contribution in [1.82, 2.24) is 19.5 Å². The molecule has 0 saturated heterocycles. The Morgan fingerprint density at radius 2 is 1.48 bits per heavy atom. The number of halogens is 4. The summed E-state index contributed by atoms with van der Waals surface area (Å²) in [5.41, 5.74) is 0.683. The Morgan fingerprint density at radius 3 is 2.15 bits per heavy atom. The highest BCUT2D eigenvalue weighted by atomic mass is 35.5. The third-order valence-corrected chi connectivity index (χ3v) is 7.36. The summed E-state index contributed by atoms with van der Waals surface area (Å²) in [6, 6.07) is 15.7. The number of amides is 1. The van der Waals surface area contributed by atoms with E-state index < -0.39 is 20.8 Å². The molecule has 0 saturated carbocycles. The number of rotatable bonds is 5. The van der Waals surface area contributed by atoms with Crippen LogP contribution in [-0.4, -0.2) is 29.1 Å². The number of aromatic nitrogens is 3. The fraction of sp³-hybridized carbons (Fsp3) is 0. The van der Waals surface area contributed by atoms with Gasteiger partial charge in [0.2, 0.25) is 0 Å². The predicted molar refractivity (Wildman–Crippen MR) is 128 cm³/mol. The highest BCUT2D eigenvalue weighted by molar-refractivity contribution is 7.90. The maximum absolute atomic E-state index is 12.9. The molecule has 4 aromatic rings. The van der Waals surface area contributed by atoms with Crippen molar-refractivity contribution in [2.24, 2.45) is 0 Å². The van der Waals surface area contributed by atoms with Crippen LogP contribution in [0.4, 0.5) is 0 Å². The monoisotopic (exact) mass is 540 g/mol. The highest BCUT2D eigenvalue weighted by Gasteiger charge is 2.27. The number of nitrogens with one attached hydrogen (secondary N) is 1. The van der Waals surface area contributed by atoms with Gasteiger partial charge in [0.15, 0.2) is 11.5 Å². The SMILES string of the molecule is O=C(NS(=O)(=O)c1c(Cl)cccc1Cl)c1cc(-c2ccccc2Cl)n(-c2ncccc2Cl)n1. The van der Waals surface area contributed by atoms with Crippen LogP contribution in [0.25, 0.3) is 17.1 Å². The summed E-state index contributed by atoms with van der Waals surface area (Å²) in [4.78, 5) is 16.7. The minimum atomic E-state index is -4.40. The number of benzene rings is 2. The summed E-state index contributed by atoms with van der Waals surface area (Å²) in [7, 11) is -4.40.